The molecular weight excluding hydrogens is 250 g/mol. The number of hydrogen-bond donors (Lipinski definition) is 1. The average Bonchev–Trinajstić information content (AvgIpc) is 3.12. The monoisotopic (exact) mass is 271 g/mol. The van der Waals surface area contributed by atoms with Gasteiger partial charge in [0, 0.05) is 19.1 Å². The molecule has 0 aromatic heterocycles. The van der Waals surface area contributed by atoms with Crippen LogP contribution in [-0.4, -0.2) is 56.5 Å². The summed E-state index contributed by atoms with van der Waals surface area (Å²) in [6.45, 7) is 3.10. The Hall–Kier alpha value is -0.640. The third kappa shape index (κ3) is 2.68. The summed E-state index contributed by atoms with van der Waals surface area (Å²) < 4.78 is 23.1. The van der Waals surface area contributed by atoms with E-state index >= 15 is 0 Å². The van der Waals surface area contributed by atoms with Gasteiger partial charge in [-0.15, -0.1) is 0 Å². The van der Waals surface area contributed by atoms with Crippen LogP contribution in [0, 0.1) is 17.2 Å². The van der Waals surface area contributed by atoms with E-state index in [1.807, 2.05) is 14.0 Å². The van der Waals surface area contributed by atoms with E-state index in [1.54, 1.807) is 0 Å². The normalized spacial score (nSPS) is 31.5. The summed E-state index contributed by atoms with van der Waals surface area (Å²) in [4.78, 5) is 2.14. The quantitative estimate of drug-likeness (QED) is 0.779. The maximum Gasteiger partial charge on any atom is 0.153 e. The summed E-state index contributed by atoms with van der Waals surface area (Å²) in [7, 11) is -1.06. The predicted octanol–water partition coefficient (Wildman–Crippen LogP) is -0.00292. The fraction of sp³-hybridized carbons (Fsp3) is 0.917. The van der Waals surface area contributed by atoms with Crippen molar-refractivity contribution in [2.75, 3.05) is 31.6 Å². The van der Waals surface area contributed by atoms with E-state index in [-0.39, 0.29) is 17.5 Å². The van der Waals surface area contributed by atoms with E-state index in [4.69, 9.17) is 0 Å². The number of nitrogens with one attached hydrogen (secondary N) is 1. The average molecular weight is 271 g/mol. The zero-order chi connectivity index (χ0) is 13.4. The van der Waals surface area contributed by atoms with Crippen LogP contribution >= 0.6 is 0 Å². The summed E-state index contributed by atoms with van der Waals surface area (Å²) in [5, 5.41) is 12.6. The minimum atomic E-state index is -2.88. The van der Waals surface area contributed by atoms with Gasteiger partial charge in [0.15, 0.2) is 9.84 Å². The van der Waals surface area contributed by atoms with E-state index in [2.05, 4.69) is 16.3 Å². The minimum absolute atomic E-state index is 0.00331. The lowest BCUT2D eigenvalue weighted by Crippen LogP contribution is -2.58. The summed E-state index contributed by atoms with van der Waals surface area (Å²) in [6, 6.07) is 2.42. The molecule has 0 aromatic carbocycles. The third-order valence-electron chi connectivity index (χ3n) is 4.18. The van der Waals surface area contributed by atoms with E-state index in [1.165, 1.54) is 0 Å². The highest BCUT2D eigenvalue weighted by Gasteiger charge is 2.47. The molecule has 1 aliphatic carbocycles. The summed E-state index contributed by atoms with van der Waals surface area (Å²) >= 11 is 0. The topological polar surface area (TPSA) is 73.2 Å². The number of likely N-dealkylation sites (N-methyl/N-ethyl adjacent to an activating group) is 1. The summed E-state index contributed by atoms with van der Waals surface area (Å²) in [5.41, 5.74) is -0.505. The second-order valence-corrected chi connectivity index (χ2v) is 7.77. The Morgan fingerprint density at radius 2 is 2.17 bits per heavy atom. The van der Waals surface area contributed by atoms with Crippen LogP contribution in [0.5, 0.6) is 0 Å². The van der Waals surface area contributed by atoms with Crippen molar-refractivity contribution in [3.8, 4) is 6.07 Å². The van der Waals surface area contributed by atoms with Crippen molar-refractivity contribution in [2.45, 2.75) is 31.3 Å². The van der Waals surface area contributed by atoms with Gasteiger partial charge in [-0.3, -0.25) is 4.90 Å². The Morgan fingerprint density at radius 3 is 2.61 bits per heavy atom. The van der Waals surface area contributed by atoms with Crippen LogP contribution in [0.15, 0.2) is 0 Å². The van der Waals surface area contributed by atoms with Gasteiger partial charge in [-0.05, 0) is 32.7 Å². The maximum atomic E-state index is 11.6. The van der Waals surface area contributed by atoms with Crippen molar-refractivity contribution >= 4 is 9.84 Å². The number of nitriles is 1. The van der Waals surface area contributed by atoms with Gasteiger partial charge in [-0.25, -0.2) is 8.42 Å². The number of sulfone groups is 1. The van der Waals surface area contributed by atoms with Gasteiger partial charge < -0.3 is 5.32 Å². The van der Waals surface area contributed by atoms with Crippen LogP contribution in [0.3, 0.4) is 0 Å². The first-order valence-corrected chi connectivity index (χ1v) is 8.29. The molecule has 1 N–H and O–H groups in total. The molecule has 1 saturated carbocycles. The lowest BCUT2D eigenvalue weighted by Gasteiger charge is -2.39. The molecule has 1 saturated heterocycles. The molecule has 2 unspecified atom stereocenters. The smallest absolute Gasteiger partial charge is 0.153 e. The molecule has 2 rings (SSSR count). The first-order chi connectivity index (χ1) is 8.42. The van der Waals surface area contributed by atoms with Crippen molar-refractivity contribution in [2.24, 2.45) is 5.92 Å². The molecule has 0 spiro atoms. The van der Waals surface area contributed by atoms with E-state index in [0.29, 0.717) is 19.0 Å². The lowest BCUT2D eigenvalue weighted by molar-refractivity contribution is 0.169. The molecule has 18 heavy (non-hydrogen) atoms. The zero-order valence-electron chi connectivity index (χ0n) is 11.0. The molecule has 2 fully saturated rings. The molecule has 1 aliphatic heterocycles. The van der Waals surface area contributed by atoms with Gasteiger partial charge in [0.05, 0.1) is 17.6 Å². The Balaban J connectivity index is 2.07. The van der Waals surface area contributed by atoms with E-state index in [9.17, 15) is 13.7 Å². The van der Waals surface area contributed by atoms with E-state index in [0.717, 1.165) is 12.8 Å². The Bertz CT molecular complexity index is 452. The standard InChI is InChI=1S/C12H21N3O2S/c1-10-7-18(16,17)6-5-15(10)9-12(8-13,14-2)11-3-4-11/h10-11,14H,3-7,9H2,1-2H3. The van der Waals surface area contributed by atoms with Crippen molar-refractivity contribution in [3.63, 3.8) is 0 Å². The Labute approximate surface area is 109 Å². The highest BCUT2D eigenvalue weighted by molar-refractivity contribution is 7.91. The first-order valence-electron chi connectivity index (χ1n) is 6.47. The number of nitrogens with zero attached hydrogens (tertiary/aromatic N) is 2. The molecular formula is C12H21N3O2S. The van der Waals surface area contributed by atoms with Crippen LogP contribution in [0.1, 0.15) is 19.8 Å². The Kier molecular flexibility index (Phi) is 3.67. The molecule has 2 aliphatic rings. The number of rotatable bonds is 4. The molecule has 0 amide bonds. The van der Waals surface area contributed by atoms with Crippen LogP contribution in [0.4, 0.5) is 0 Å². The molecule has 102 valence electrons. The highest BCUT2D eigenvalue weighted by Crippen LogP contribution is 2.40. The second kappa shape index (κ2) is 4.80. The van der Waals surface area contributed by atoms with Crippen molar-refractivity contribution in [1.29, 1.82) is 5.26 Å². The Morgan fingerprint density at radius 1 is 1.50 bits per heavy atom. The van der Waals surface area contributed by atoms with E-state index < -0.39 is 15.4 Å². The largest absolute Gasteiger partial charge is 0.301 e. The van der Waals surface area contributed by atoms with Gasteiger partial charge in [0.25, 0.3) is 0 Å². The van der Waals surface area contributed by atoms with Crippen LogP contribution in [0.2, 0.25) is 0 Å². The van der Waals surface area contributed by atoms with Gasteiger partial charge in [0.1, 0.15) is 5.54 Å². The third-order valence-corrected chi connectivity index (χ3v) is 5.98. The second-order valence-electron chi connectivity index (χ2n) is 5.54. The van der Waals surface area contributed by atoms with Crippen LogP contribution < -0.4 is 5.32 Å². The number of hydrogen-bond acceptors (Lipinski definition) is 5. The maximum absolute atomic E-state index is 11.6. The highest BCUT2D eigenvalue weighted by atomic mass is 32.2. The first kappa shape index (κ1) is 13.8. The molecule has 1 heterocycles. The van der Waals surface area contributed by atoms with Crippen LogP contribution in [0.25, 0.3) is 0 Å². The van der Waals surface area contributed by atoms with Crippen molar-refractivity contribution < 1.29 is 8.42 Å². The molecule has 0 bridgehead atoms. The summed E-state index contributed by atoms with van der Waals surface area (Å²) in [6.07, 6.45) is 2.18. The van der Waals surface area contributed by atoms with Gasteiger partial charge >= 0.3 is 0 Å². The molecule has 0 radical (unpaired) electrons. The predicted molar refractivity (Wildman–Crippen MR) is 69.8 cm³/mol. The molecule has 6 heteroatoms. The van der Waals surface area contributed by atoms with Crippen molar-refractivity contribution in [3.05, 3.63) is 0 Å². The SMILES string of the molecule is CNC(C#N)(CN1CCS(=O)(=O)CC1C)C1CC1. The summed E-state index contributed by atoms with van der Waals surface area (Å²) in [5.74, 6) is 0.842. The van der Waals surface area contributed by atoms with Gasteiger partial charge in [-0.2, -0.15) is 5.26 Å². The van der Waals surface area contributed by atoms with Crippen molar-refractivity contribution in [1.82, 2.24) is 10.2 Å². The minimum Gasteiger partial charge on any atom is -0.301 e. The lowest BCUT2D eigenvalue weighted by atomic mass is 9.94. The molecule has 0 aromatic rings. The fourth-order valence-electron chi connectivity index (χ4n) is 2.76. The molecule has 2 atom stereocenters. The molecule has 5 nitrogen and oxygen atoms in total. The zero-order valence-corrected chi connectivity index (χ0v) is 11.8. The van der Waals surface area contributed by atoms with Gasteiger partial charge in [0.2, 0.25) is 0 Å². The fourth-order valence-corrected chi connectivity index (χ4v) is 4.38. The van der Waals surface area contributed by atoms with Crippen LogP contribution in [-0.2, 0) is 9.84 Å². The van der Waals surface area contributed by atoms with Gasteiger partial charge in [-0.1, -0.05) is 0 Å².